The zero-order chi connectivity index (χ0) is 8.27. The molecule has 0 saturated carbocycles. The van der Waals surface area contributed by atoms with E-state index in [2.05, 4.69) is 0 Å². The first-order chi connectivity index (χ1) is 5.24. The maximum absolute atomic E-state index is 12.6. The molecule has 1 N–H and O–H groups in total. The van der Waals surface area contributed by atoms with Gasteiger partial charge in [0.1, 0.15) is 12.0 Å². The molecule has 1 unspecified atom stereocenters. The average Bonchev–Trinajstić information content (AvgIpc) is 2.03. The summed E-state index contributed by atoms with van der Waals surface area (Å²) in [7, 11) is 0. The highest BCUT2D eigenvalue weighted by Crippen LogP contribution is 2.16. The lowest BCUT2D eigenvalue weighted by Crippen LogP contribution is -1.96. The summed E-state index contributed by atoms with van der Waals surface area (Å²) in [5.41, 5.74) is 0.174. The van der Waals surface area contributed by atoms with E-state index in [0.717, 1.165) is 6.07 Å². The lowest BCUT2D eigenvalue weighted by molar-refractivity contribution is 0.179. The molecule has 1 atom stereocenters. The van der Waals surface area contributed by atoms with E-state index in [-0.39, 0.29) is 5.56 Å². The van der Waals surface area contributed by atoms with Crippen LogP contribution in [0.15, 0.2) is 24.3 Å². The molecule has 0 aliphatic heterocycles. The number of hydrogen-bond donors (Lipinski definition) is 1. The van der Waals surface area contributed by atoms with Gasteiger partial charge in [-0.2, -0.15) is 0 Å². The SMILES string of the molecule is OCC(F)c1cccc(F)c1. The van der Waals surface area contributed by atoms with Crippen LogP contribution in [-0.4, -0.2) is 11.7 Å². The molecule has 3 heteroatoms. The minimum Gasteiger partial charge on any atom is -0.393 e. The first-order valence-electron chi connectivity index (χ1n) is 3.24. The largest absolute Gasteiger partial charge is 0.393 e. The van der Waals surface area contributed by atoms with Crippen LogP contribution in [-0.2, 0) is 0 Å². The first kappa shape index (κ1) is 8.14. The molecule has 0 aromatic heterocycles. The summed E-state index contributed by atoms with van der Waals surface area (Å²) in [6, 6.07) is 5.14. The monoisotopic (exact) mass is 158 g/mol. The van der Waals surface area contributed by atoms with E-state index in [1.54, 1.807) is 0 Å². The zero-order valence-corrected chi connectivity index (χ0v) is 5.80. The smallest absolute Gasteiger partial charge is 0.148 e. The molecule has 0 bridgehead atoms. The van der Waals surface area contributed by atoms with Crippen molar-refractivity contribution < 1.29 is 13.9 Å². The number of aliphatic hydroxyl groups excluding tert-OH is 1. The molecule has 60 valence electrons. The highest BCUT2D eigenvalue weighted by atomic mass is 19.1. The van der Waals surface area contributed by atoms with Gasteiger partial charge in [0.25, 0.3) is 0 Å². The van der Waals surface area contributed by atoms with Crippen LogP contribution >= 0.6 is 0 Å². The number of rotatable bonds is 2. The summed E-state index contributed by atoms with van der Waals surface area (Å²) in [6.07, 6.45) is -1.48. The molecule has 0 heterocycles. The van der Waals surface area contributed by atoms with Gasteiger partial charge >= 0.3 is 0 Å². The Labute approximate surface area is 63.3 Å². The lowest BCUT2D eigenvalue weighted by atomic mass is 10.1. The quantitative estimate of drug-likeness (QED) is 0.696. The van der Waals surface area contributed by atoms with Crippen molar-refractivity contribution in [3.63, 3.8) is 0 Å². The second kappa shape index (κ2) is 3.44. The number of halogens is 2. The Hall–Kier alpha value is -0.960. The highest BCUT2D eigenvalue weighted by molar-refractivity contribution is 5.18. The Morgan fingerprint density at radius 3 is 2.73 bits per heavy atom. The van der Waals surface area contributed by atoms with Crippen LogP contribution in [0, 0.1) is 5.82 Å². The van der Waals surface area contributed by atoms with E-state index >= 15 is 0 Å². The third-order valence-electron chi connectivity index (χ3n) is 1.37. The normalized spacial score (nSPS) is 13.0. The molecule has 0 fully saturated rings. The summed E-state index contributed by atoms with van der Waals surface area (Å²) in [6.45, 7) is -0.608. The van der Waals surface area contributed by atoms with Crippen molar-refractivity contribution in [3.05, 3.63) is 35.6 Å². The Morgan fingerprint density at radius 1 is 1.45 bits per heavy atom. The maximum atomic E-state index is 12.6. The first-order valence-corrected chi connectivity index (χ1v) is 3.24. The predicted molar refractivity (Wildman–Crippen MR) is 37.3 cm³/mol. The van der Waals surface area contributed by atoms with Crippen LogP contribution in [0.4, 0.5) is 8.78 Å². The molecular formula is C8H8F2O. The van der Waals surface area contributed by atoms with Gasteiger partial charge < -0.3 is 5.11 Å². The fraction of sp³-hybridized carbons (Fsp3) is 0.250. The molecule has 1 nitrogen and oxygen atoms in total. The summed E-state index contributed by atoms with van der Waals surface area (Å²) in [5.74, 6) is -0.487. The van der Waals surface area contributed by atoms with Crippen molar-refractivity contribution in [3.8, 4) is 0 Å². The van der Waals surface area contributed by atoms with Gasteiger partial charge in [-0.3, -0.25) is 0 Å². The molecule has 0 aliphatic rings. The van der Waals surface area contributed by atoms with Crippen molar-refractivity contribution in [1.82, 2.24) is 0 Å². The zero-order valence-electron chi connectivity index (χ0n) is 5.80. The Morgan fingerprint density at radius 2 is 2.18 bits per heavy atom. The van der Waals surface area contributed by atoms with Crippen molar-refractivity contribution in [2.75, 3.05) is 6.61 Å². The third-order valence-corrected chi connectivity index (χ3v) is 1.37. The molecule has 0 spiro atoms. The van der Waals surface area contributed by atoms with Crippen LogP contribution in [0.2, 0.25) is 0 Å². The number of benzene rings is 1. The third kappa shape index (κ3) is 1.98. The molecule has 1 aromatic carbocycles. The molecule has 11 heavy (non-hydrogen) atoms. The summed E-state index contributed by atoms with van der Waals surface area (Å²) >= 11 is 0. The van der Waals surface area contributed by atoms with Crippen LogP contribution in [0.5, 0.6) is 0 Å². The van der Waals surface area contributed by atoms with Crippen molar-refractivity contribution in [1.29, 1.82) is 0 Å². The Balaban J connectivity index is 2.86. The lowest BCUT2D eigenvalue weighted by Gasteiger charge is -2.03. The van der Waals surface area contributed by atoms with Gasteiger partial charge in [-0.05, 0) is 17.7 Å². The molecule has 0 saturated heterocycles. The van der Waals surface area contributed by atoms with Crippen LogP contribution < -0.4 is 0 Å². The second-order valence-electron chi connectivity index (χ2n) is 2.21. The van der Waals surface area contributed by atoms with Crippen molar-refractivity contribution in [2.24, 2.45) is 0 Å². The standard InChI is InChI=1S/C8H8F2O/c9-7-3-1-2-6(4-7)8(10)5-11/h1-4,8,11H,5H2. The van der Waals surface area contributed by atoms with Gasteiger partial charge in [0.05, 0.1) is 6.61 Å². The molecular weight excluding hydrogens is 150 g/mol. The van der Waals surface area contributed by atoms with Crippen LogP contribution in [0.1, 0.15) is 11.7 Å². The van der Waals surface area contributed by atoms with E-state index in [1.807, 2.05) is 0 Å². The molecule has 0 amide bonds. The minimum absolute atomic E-state index is 0.174. The summed E-state index contributed by atoms with van der Waals surface area (Å²) in [4.78, 5) is 0. The Kier molecular flexibility index (Phi) is 2.54. The highest BCUT2D eigenvalue weighted by Gasteiger charge is 2.07. The summed E-state index contributed by atoms with van der Waals surface area (Å²) in [5, 5.41) is 8.38. The van der Waals surface area contributed by atoms with Gasteiger partial charge in [-0.25, -0.2) is 8.78 Å². The number of hydrogen-bond acceptors (Lipinski definition) is 1. The van der Waals surface area contributed by atoms with E-state index in [4.69, 9.17) is 5.11 Å². The van der Waals surface area contributed by atoms with Gasteiger partial charge in [-0.1, -0.05) is 12.1 Å². The van der Waals surface area contributed by atoms with E-state index in [1.165, 1.54) is 18.2 Å². The molecule has 0 aliphatic carbocycles. The van der Waals surface area contributed by atoms with Gasteiger partial charge in [0.2, 0.25) is 0 Å². The van der Waals surface area contributed by atoms with Crippen LogP contribution in [0.25, 0.3) is 0 Å². The van der Waals surface area contributed by atoms with Crippen LogP contribution in [0.3, 0.4) is 0 Å². The van der Waals surface area contributed by atoms with Gasteiger partial charge in [-0.15, -0.1) is 0 Å². The van der Waals surface area contributed by atoms with Gasteiger partial charge in [0.15, 0.2) is 0 Å². The molecule has 1 aromatic rings. The summed E-state index contributed by atoms with van der Waals surface area (Å²) < 4.78 is 25.0. The second-order valence-corrected chi connectivity index (χ2v) is 2.21. The predicted octanol–water partition coefficient (Wildman–Crippen LogP) is 1.83. The number of alkyl halides is 1. The van der Waals surface area contributed by atoms with Crippen molar-refractivity contribution >= 4 is 0 Å². The fourth-order valence-corrected chi connectivity index (χ4v) is 0.807. The van der Waals surface area contributed by atoms with E-state index in [9.17, 15) is 8.78 Å². The molecule has 1 rings (SSSR count). The Bertz CT molecular complexity index is 237. The number of aliphatic hydroxyl groups is 1. The van der Waals surface area contributed by atoms with E-state index in [0.29, 0.717) is 0 Å². The van der Waals surface area contributed by atoms with Gasteiger partial charge in [0, 0.05) is 0 Å². The molecule has 0 radical (unpaired) electrons. The minimum atomic E-state index is -1.48. The average molecular weight is 158 g/mol. The van der Waals surface area contributed by atoms with E-state index < -0.39 is 18.6 Å². The topological polar surface area (TPSA) is 20.2 Å². The fourth-order valence-electron chi connectivity index (χ4n) is 0.807. The van der Waals surface area contributed by atoms with Crippen molar-refractivity contribution in [2.45, 2.75) is 6.17 Å². The maximum Gasteiger partial charge on any atom is 0.148 e.